The third-order valence-electron chi connectivity index (χ3n) is 5.44. The van der Waals surface area contributed by atoms with Gasteiger partial charge >= 0.3 is 0 Å². The SMILES string of the molecule is COCc1c(Br)c(C)nc(OCC(=O)N/N=C/c2ccc(OCC(=O)Nc3ccccc3OC)c(OC)c2)c1C#N. The van der Waals surface area contributed by atoms with Crippen molar-refractivity contribution in [3.63, 3.8) is 0 Å². The number of para-hydroxylation sites is 2. The Kier molecular flexibility index (Phi) is 11.4. The first-order valence-electron chi connectivity index (χ1n) is 12.1. The Bertz CT molecular complexity index is 1470. The third-order valence-corrected chi connectivity index (χ3v) is 6.49. The standard InChI is InChI=1S/C28H28BrN5O7/c1-17-27(29)20(14-37-2)19(12-30)28(32-17)41-16-26(36)34-31-13-18-9-10-23(24(11-18)39-4)40-15-25(35)33-21-7-5-6-8-22(21)38-3/h5-11,13H,14-16H2,1-4H3,(H,33,35)(H,34,36)/b31-13+. The molecule has 3 aromatic rings. The van der Waals surface area contributed by atoms with E-state index in [1.807, 2.05) is 6.07 Å². The fourth-order valence-electron chi connectivity index (χ4n) is 3.52. The first kappa shape index (κ1) is 30.9. The molecule has 0 aliphatic rings. The largest absolute Gasteiger partial charge is 0.495 e. The monoisotopic (exact) mass is 625 g/mol. The first-order valence-corrected chi connectivity index (χ1v) is 12.9. The lowest BCUT2D eigenvalue weighted by molar-refractivity contribution is -0.123. The maximum Gasteiger partial charge on any atom is 0.278 e. The van der Waals surface area contributed by atoms with Crippen molar-refractivity contribution in [3.8, 4) is 29.2 Å². The second-order valence-electron chi connectivity index (χ2n) is 8.24. The van der Waals surface area contributed by atoms with Gasteiger partial charge in [-0.25, -0.2) is 10.4 Å². The van der Waals surface area contributed by atoms with Crippen LogP contribution in [0.1, 0.15) is 22.4 Å². The molecule has 1 heterocycles. The van der Waals surface area contributed by atoms with Gasteiger partial charge in [-0.05, 0) is 58.7 Å². The fraction of sp³-hybridized carbons (Fsp3) is 0.250. The number of carbonyl (C=O) groups excluding carboxylic acids is 2. The van der Waals surface area contributed by atoms with Crippen LogP contribution in [0, 0.1) is 18.3 Å². The molecule has 0 fully saturated rings. The van der Waals surface area contributed by atoms with Gasteiger partial charge in [0.05, 0.1) is 38.4 Å². The average Bonchev–Trinajstić information content (AvgIpc) is 2.98. The molecule has 41 heavy (non-hydrogen) atoms. The summed E-state index contributed by atoms with van der Waals surface area (Å²) in [5.74, 6) is 0.323. The molecular formula is C28H28BrN5O7. The number of aryl methyl sites for hydroxylation is 1. The Morgan fingerprint density at radius 2 is 1.76 bits per heavy atom. The number of aromatic nitrogens is 1. The molecule has 3 rings (SSSR count). The number of hydrogen-bond acceptors (Lipinski definition) is 10. The van der Waals surface area contributed by atoms with Crippen LogP contribution in [0.15, 0.2) is 52.0 Å². The number of benzene rings is 2. The highest BCUT2D eigenvalue weighted by molar-refractivity contribution is 9.10. The van der Waals surface area contributed by atoms with E-state index in [-0.39, 0.29) is 30.6 Å². The number of ether oxygens (including phenoxy) is 5. The van der Waals surface area contributed by atoms with Gasteiger partial charge in [-0.15, -0.1) is 0 Å². The van der Waals surface area contributed by atoms with E-state index >= 15 is 0 Å². The summed E-state index contributed by atoms with van der Waals surface area (Å²) in [5.41, 5.74) is 4.81. The van der Waals surface area contributed by atoms with Crippen LogP contribution in [-0.4, -0.2) is 57.6 Å². The van der Waals surface area contributed by atoms with Crippen molar-refractivity contribution >= 4 is 39.6 Å². The summed E-state index contributed by atoms with van der Waals surface area (Å²) in [6, 6.07) is 14.0. The zero-order valence-electron chi connectivity index (χ0n) is 22.8. The molecule has 0 aliphatic carbocycles. The van der Waals surface area contributed by atoms with Crippen LogP contribution in [-0.2, 0) is 20.9 Å². The summed E-state index contributed by atoms with van der Waals surface area (Å²) in [7, 11) is 4.49. The van der Waals surface area contributed by atoms with E-state index in [0.717, 1.165) is 0 Å². The Morgan fingerprint density at radius 3 is 2.46 bits per heavy atom. The van der Waals surface area contributed by atoms with Crippen molar-refractivity contribution in [2.75, 3.05) is 39.9 Å². The second-order valence-corrected chi connectivity index (χ2v) is 9.04. The van der Waals surface area contributed by atoms with Gasteiger partial charge < -0.3 is 29.0 Å². The smallest absolute Gasteiger partial charge is 0.278 e. The van der Waals surface area contributed by atoms with Crippen LogP contribution in [0.4, 0.5) is 5.69 Å². The van der Waals surface area contributed by atoms with E-state index in [1.54, 1.807) is 49.4 Å². The van der Waals surface area contributed by atoms with E-state index in [2.05, 4.69) is 36.8 Å². The Morgan fingerprint density at radius 1 is 1.02 bits per heavy atom. The van der Waals surface area contributed by atoms with Crippen molar-refractivity contribution in [1.29, 1.82) is 5.26 Å². The summed E-state index contributed by atoms with van der Waals surface area (Å²) in [6.07, 6.45) is 1.40. The van der Waals surface area contributed by atoms with Gasteiger partial charge in [0.15, 0.2) is 24.7 Å². The minimum atomic E-state index is -0.561. The number of rotatable bonds is 13. The molecule has 2 N–H and O–H groups in total. The van der Waals surface area contributed by atoms with Crippen molar-refractivity contribution < 1.29 is 33.3 Å². The molecule has 0 spiro atoms. The van der Waals surface area contributed by atoms with Crippen LogP contribution < -0.4 is 29.7 Å². The van der Waals surface area contributed by atoms with E-state index in [4.69, 9.17) is 23.7 Å². The number of hydrazone groups is 1. The average molecular weight is 626 g/mol. The van der Waals surface area contributed by atoms with Gasteiger partial charge in [0.2, 0.25) is 5.88 Å². The second kappa shape index (κ2) is 15.2. The number of nitrogens with one attached hydrogen (secondary N) is 2. The Balaban J connectivity index is 1.56. The number of carbonyl (C=O) groups is 2. The van der Waals surface area contributed by atoms with Gasteiger partial charge in [0.25, 0.3) is 11.8 Å². The van der Waals surface area contributed by atoms with Crippen molar-refractivity contribution in [3.05, 3.63) is 69.3 Å². The molecule has 0 unspecified atom stereocenters. The first-order chi connectivity index (χ1) is 19.8. The number of pyridine rings is 1. The molecule has 0 radical (unpaired) electrons. The minimum absolute atomic E-state index is 0.0243. The van der Waals surface area contributed by atoms with Crippen LogP contribution in [0.25, 0.3) is 0 Å². The van der Waals surface area contributed by atoms with Crippen LogP contribution in [0.2, 0.25) is 0 Å². The predicted molar refractivity (Wildman–Crippen MR) is 153 cm³/mol. The third kappa shape index (κ3) is 8.41. The number of amides is 2. The fourth-order valence-corrected chi connectivity index (χ4v) is 3.92. The molecule has 2 amide bonds. The lowest BCUT2D eigenvalue weighted by Gasteiger charge is -2.13. The number of nitriles is 1. The summed E-state index contributed by atoms with van der Waals surface area (Å²) < 4.78 is 27.5. The molecule has 0 saturated heterocycles. The number of halogens is 1. The van der Waals surface area contributed by atoms with Crippen molar-refractivity contribution in [1.82, 2.24) is 10.4 Å². The van der Waals surface area contributed by atoms with Crippen LogP contribution >= 0.6 is 15.9 Å². The number of methoxy groups -OCH3 is 3. The molecular weight excluding hydrogens is 598 g/mol. The van der Waals surface area contributed by atoms with Gasteiger partial charge in [0, 0.05) is 17.1 Å². The van der Waals surface area contributed by atoms with Crippen molar-refractivity contribution in [2.45, 2.75) is 13.5 Å². The van der Waals surface area contributed by atoms with E-state index in [9.17, 15) is 14.9 Å². The molecule has 214 valence electrons. The zero-order chi connectivity index (χ0) is 29.8. The van der Waals surface area contributed by atoms with E-state index in [1.165, 1.54) is 27.5 Å². The lowest BCUT2D eigenvalue weighted by Crippen LogP contribution is -2.25. The van der Waals surface area contributed by atoms with E-state index < -0.39 is 12.5 Å². The van der Waals surface area contributed by atoms with Gasteiger partial charge in [-0.3, -0.25) is 9.59 Å². The number of hydrogen-bond donors (Lipinski definition) is 2. The molecule has 0 atom stereocenters. The minimum Gasteiger partial charge on any atom is -0.495 e. The van der Waals surface area contributed by atoms with E-state index in [0.29, 0.717) is 44.2 Å². The van der Waals surface area contributed by atoms with Crippen LogP contribution in [0.3, 0.4) is 0 Å². The molecule has 13 heteroatoms. The maximum atomic E-state index is 12.4. The number of nitrogens with zero attached hydrogens (tertiary/aromatic N) is 3. The van der Waals surface area contributed by atoms with Gasteiger partial charge in [-0.2, -0.15) is 10.4 Å². The van der Waals surface area contributed by atoms with Crippen LogP contribution in [0.5, 0.6) is 23.1 Å². The molecule has 0 bridgehead atoms. The number of anilines is 1. The summed E-state index contributed by atoms with van der Waals surface area (Å²) in [4.78, 5) is 28.9. The summed E-state index contributed by atoms with van der Waals surface area (Å²) in [6.45, 7) is 1.23. The maximum absolute atomic E-state index is 12.4. The quantitative estimate of drug-likeness (QED) is 0.213. The molecule has 2 aromatic carbocycles. The van der Waals surface area contributed by atoms with Gasteiger partial charge in [0.1, 0.15) is 17.4 Å². The lowest BCUT2D eigenvalue weighted by atomic mass is 10.1. The summed E-state index contributed by atoms with van der Waals surface area (Å²) >= 11 is 3.40. The zero-order valence-corrected chi connectivity index (χ0v) is 24.4. The molecule has 0 saturated carbocycles. The van der Waals surface area contributed by atoms with Crippen molar-refractivity contribution in [2.24, 2.45) is 5.10 Å². The Labute approximate surface area is 245 Å². The van der Waals surface area contributed by atoms with Gasteiger partial charge in [-0.1, -0.05) is 12.1 Å². The molecule has 12 nitrogen and oxygen atoms in total. The predicted octanol–water partition coefficient (Wildman–Crippen LogP) is 3.73. The molecule has 1 aromatic heterocycles. The highest BCUT2D eigenvalue weighted by Crippen LogP contribution is 2.30. The highest BCUT2D eigenvalue weighted by atomic mass is 79.9. The Hall–Kier alpha value is -4.67. The topological polar surface area (TPSA) is 153 Å². The molecule has 0 aliphatic heterocycles. The highest BCUT2D eigenvalue weighted by Gasteiger charge is 2.18. The normalized spacial score (nSPS) is 10.5. The summed E-state index contributed by atoms with van der Waals surface area (Å²) in [5, 5.41) is 16.2.